The fourth-order valence-electron chi connectivity index (χ4n) is 3.02. The number of aliphatic hydroxyl groups is 1. The molecular formula is C18H20N2O. The van der Waals surface area contributed by atoms with Gasteiger partial charge in [-0.1, -0.05) is 24.0 Å². The van der Waals surface area contributed by atoms with Crippen molar-refractivity contribution in [1.82, 2.24) is 9.55 Å². The highest BCUT2D eigenvalue weighted by atomic mass is 16.2. The quantitative estimate of drug-likeness (QED) is 0.858. The number of rotatable bonds is 2. The Morgan fingerprint density at radius 2 is 2.14 bits per heavy atom. The number of aromatic nitrogens is 2. The number of fused-ring (bicyclic) bond motifs is 1. The van der Waals surface area contributed by atoms with Crippen LogP contribution < -0.4 is 0 Å². The second-order valence-corrected chi connectivity index (χ2v) is 5.51. The molecule has 1 aliphatic carbocycles. The third kappa shape index (κ3) is 3.01. The van der Waals surface area contributed by atoms with Gasteiger partial charge in [0, 0.05) is 17.8 Å². The van der Waals surface area contributed by atoms with Gasteiger partial charge in [-0.25, -0.2) is 4.98 Å². The summed E-state index contributed by atoms with van der Waals surface area (Å²) in [4.78, 5) is 4.72. The third-order valence-electron chi connectivity index (χ3n) is 4.00. The van der Waals surface area contributed by atoms with Crippen molar-refractivity contribution >= 4 is 0 Å². The Morgan fingerprint density at radius 1 is 1.29 bits per heavy atom. The van der Waals surface area contributed by atoms with Crippen molar-refractivity contribution < 1.29 is 5.11 Å². The monoisotopic (exact) mass is 280 g/mol. The lowest BCUT2D eigenvalue weighted by molar-refractivity contribution is 0.350. The van der Waals surface area contributed by atoms with E-state index in [0.717, 1.165) is 30.8 Å². The molecule has 0 aliphatic heterocycles. The van der Waals surface area contributed by atoms with E-state index >= 15 is 0 Å². The Hall–Kier alpha value is -2.05. The zero-order valence-corrected chi connectivity index (χ0v) is 12.4. The Labute approximate surface area is 125 Å². The lowest BCUT2D eigenvalue weighted by Gasteiger charge is -2.15. The van der Waals surface area contributed by atoms with E-state index in [-0.39, 0.29) is 6.61 Å². The van der Waals surface area contributed by atoms with Crippen LogP contribution in [0.1, 0.15) is 41.2 Å². The van der Waals surface area contributed by atoms with Crippen molar-refractivity contribution in [2.45, 2.75) is 39.2 Å². The lowest BCUT2D eigenvalue weighted by atomic mass is 10.0. The van der Waals surface area contributed by atoms with E-state index in [1.165, 1.54) is 29.8 Å². The van der Waals surface area contributed by atoms with Gasteiger partial charge < -0.3 is 9.67 Å². The zero-order chi connectivity index (χ0) is 14.7. The number of benzene rings is 1. The Kier molecular flexibility index (Phi) is 4.08. The van der Waals surface area contributed by atoms with Crippen LogP contribution in [0.25, 0.3) is 0 Å². The summed E-state index contributed by atoms with van der Waals surface area (Å²) in [7, 11) is 0. The normalized spacial score (nSPS) is 13.4. The zero-order valence-electron chi connectivity index (χ0n) is 12.4. The molecule has 1 aromatic carbocycles. The summed E-state index contributed by atoms with van der Waals surface area (Å²) in [5.41, 5.74) is 4.88. The van der Waals surface area contributed by atoms with Crippen LogP contribution in [0.15, 0.2) is 24.3 Å². The van der Waals surface area contributed by atoms with Crippen LogP contribution in [0.2, 0.25) is 0 Å². The molecule has 1 N–H and O–H groups in total. The predicted molar refractivity (Wildman–Crippen MR) is 83.1 cm³/mol. The molecule has 2 aromatic rings. The molecule has 1 aliphatic rings. The van der Waals surface area contributed by atoms with Gasteiger partial charge in [0.1, 0.15) is 12.4 Å². The van der Waals surface area contributed by atoms with Crippen molar-refractivity contribution in [3.63, 3.8) is 0 Å². The van der Waals surface area contributed by atoms with E-state index in [1.54, 1.807) is 0 Å². The first kappa shape index (κ1) is 13.9. The number of hydrogen-bond acceptors (Lipinski definition) is 2. The Balaban J connectivity index is 1.88. The summed E-state index contributed by atoms with van der Waals surface area (Å²) in [5.74, 6) is 6.77. The van der Waals surface area contributed by atoms with Gasteiger partial charge in [0.15, 0.2) is 0 Å². The fourth-order valence-corrected chi connectivity index (χ4v) is 3.02. The Morgan fingerprint density at radius 3 is 3.00 bits per heavy atom. The molecule has 0 amide bonds. The maximum Gasteiger partial charge on any atom is 0.106 e. The van der Waals surface area contributed by atoms with E-state index in [9.17, 15) is 0 Å². The standard InChI is InChI=1S/C18H20N2O/c1-14-19-17-9-2-3-10-18(17)20(14)13-16-7-4-6-15(12-16)8-5-11-21/h4,6-7,12,21H,2-3,9-11,13H2,1H3. The van der Waals surface area contributed by atoms with Crippen LogP contribution in [-0.4, -0.2) is 21.3 Å². The average Bonchev–Trinajstić information content (AvgIpc) is 2.82. The van der Waals surface area contributed by atoms with E-state index < -0.39 is 0 Å². The van der Waals surface area contributed by atoms with Gasteiger partial charge >= 0.3 is 0 Å². The minimum absolute atomic E-state index is 0.0988. The van der Waals surface area contributed by atoms with Crippen LogP contribution >= 0.6 is 0 Å². The fraction of sp³-hybridized carbons (Fsp3) is 0.389. The van der Waals surface area contributed by atoms with E-state index in [1.807, 2.05) is 12.1 Å². The summed E-state index contributed by atoms with van der Waals surface area (Å²) in [6.07, 6.45) is 4.78. The van der Waals surface area contributed by atoms with Gasteiger partial charge in [-0.2, -0.15) is 0 Å². The highest BCUT2D eigenvalue weighted by molar-refractivity contribution is 5.37. The SMILES string of the molecule is Cc1nc2c(n1Cc1cccc(C#CCO)c1)CCCC2. The minimum atomic E-state index is -0.0988. The molecule has 0 fully saturated rings. The molecule has 0 radical (unpaired) electrons. The second kappa shape index (κ2) is 6.15. The molecule has 0 saturated carbocycles. The van der Waals surface area contributed by atoms with Crippen molar-refractivity contribution in [2.24, 2.45) is 0 Å². The summed E-state index contributed by atoms with van der Waals surface area (Å²) < 4.78 is 2.34. The van der Waals surface area contributed by atoms with Gasteiger partial charge in [0.2, 0.25) is 0 Å². The van der Waals surface area contributed by atoms with Gasteiger partial charge in [-0.3, -0.25) is 0 Å². The highest BCUT2D eigenvalue weighted by Crippen LogP contribution is 2.23. The molecule has 108 valence electrons. The number of aryl methyl sites for hydroxylation is 2. The van der Waals surface area contributed by atoms with Crippen molar-refractivity contribution in [1.29, 1.82) is 0 Å². The predicted octanol–water partition coefficient (Wildman–Crippen LogP) is 2.46. The molecule has 0 spiro atoms. The van der Waals surface area contributed by atoms with E-state index in [2.05, 4.69) is 35.5 Å². The van der Waals surface area contributed by atoms with E-state index in [0.29, 0.717) is 0 Å². The molecule has 3 nitrogen and oxygen atoms in total. The molecular weight excluding hydrogens is 260 g/mol. The first-order valence-corrected chi connectivity index (χ1v) is 7.51. The van der Waals surface area contributed by atoms with Crippen LogP contribution in [0.3, 0.4) is 0 Å². The van der Waals surface area contributed by atoms with Crippen molar-refractivity contribution in [3.8, 4) is 11.8 Å². The molecule has 3 rings (SSSR count). The summed E-state index contributed by atoms with van der Waals surface area (Å²) in [5, 5.41) is 8.79. The van der Waals surface area contributed by atoms with Crippen molar-refractivity contribution in [3.05, 3.63) is 52.6 Å². The van der Waals surface area contributed by atoms with Gasteiger partial charge in [-0.15, -0.1) is 0 Å². The number of aliphatic hydroxyl groups excluding tert-OH is 1. The second-order valence-electron chi connectivity index (χ2n) is 5.51. The number of imidazole rings is 1. The summed E-state index contributed by atoms with van der Waals surface area (Å²) >= 11 is 0. The van der Waals surface area contributed by atoms with Gasteiger partial charge in [-0.05, 0) is 50.3 Å². The van der Waals surface area contributed by atoms with Gasteiger partial charge in [0.05, 0.1) is 5.69 Å². The van der Waals surface area contributed by atoms with Crippen LogP contribution in [-0.2, 0) is 19.4 Å². The smallest absolute Gasteiger partial charge is 0.106 e. The number of hydrogen-bond donors (Lipinski definition) is 1. The molecule has 0 saturated heterocycles. The first-order chi connectivity index (χ1) is 10.3. The Bertz CT molecular complexity index is 704. The number of nitrogens with zero attached hydrogens (tertiary/aromatic N) is 2. The van der Waals surface area contributed by atoms with Gasteiger partial charge in [0.25, 0.3) is 0 Å². The first-order valence-electron chi connectivity index (χ1n) is 7.51. The van der Waals surface area contributed by atoms with Crippen LogP contribution in [0.5, 0.6) is 0 Å². The summed E-state index contributed by atoms with van der Waals surface area (Å²) in [6, 6.07) is 8.22. The van der Waals surface area contributed by atoms with Crippen LogP contribution in [0, 0.1) is 18.8 Å². The molecule has 0 unspecified atom stereocenters. The maximum atomic E-state index is 8.79. The summed E-state index contributed by atoms with van der Waals surface area (Å²) in [6.45, 7) is 2.84. The van der Waals surface area contributed by atoms with Crippen molar-refractivity contribution in [2.75, 3.05) is 6.61 Å². The third-order valence-corrected chi connectivity index (χ3v) is 4.00. The maximum absolute atomic E-state index is 8.79. The largest absolute Gasteiger partial charge is 0.384 e. The molecule has 3 heteroatoms. The minimum Gasteiger partial charge on any atom is -0.384 e. The highest BCUT2D eigenvalue weighted by Gasteiger charge is 2.17. The lowest BCUT2D eigenvalue weighted by Crippen LogP contribution is -2.10. The molecule has 1 heterocycles. The van der Waals surface area contributed by atoms with Crippen LogP contribution in [0.4, 0.5) is 0 Å². The topological polar surface area (TPSA) is 38.0 Å². The molecule has 0 atom stereocenters. The molecule has 1 aromatic heterocycles. The van der Waals surface area contributed by atoms with E-state index in [4.69, 9.17) is 10.1 Å². The average molecular weight is 280 g/mol. The molecule has 0 bridgehead atoms. The molecule has 21 heavy (non-hydrogen) atoms.